The molecule has 1 rings (SSSR count). The first-order valence-electron chi connectivity index (χ1n) is 3.86. The lowest BCUT2D eigenvalue weighted by Crippen LogP contribution is -2.33. The Bertz CT molecular complexity index is 192. The highest BCUT2D eigenvalue weighted by Crippen LogP contribution is 2.55. The highest BCUT2D eigenvalue weighted by Gasteiger charge is 2.43. The van der Waals surface area contributed by atoms with E-state index in [1.165, 1.54) is 11.8 Å². The van der Waals surface area contributed by atoms with Gasteiger partial charge >= 0.3 is 5.97 Å². The quantitative estimate of drug-likeness (QED) is 0.694. The zero-order valence-electron chi connectivity index (χ0n) is 7.65. The fraction of sp³-hybridized carbons (Fsp3) is 0.857. The largest absolute Gasteiger partial charge is 0.479 e. The third-order valence-electron chi connectivity index (χ3n) is 1.85. The smallest absolute Gasteiger partial charge is 0.334 e. The van der Waals surface area contributed by atoms with E-state index in [4.69, 9.17) is 5.11 Å². The van der Waals surface area contributed by atoms with Gasteiger partial charge in [0.15, 0.2) is 5.37 Å². The topological polar surface area (TPSA) is 40.5 Å². The summed E-state index contributed by atoms with van der Waals surface area (Å²) in [7, 11) is -1.14. The van der Waals surface area contributed by atoms with E-state index >= 15 is 0 Å². The van der Waals surface area contributed by atoms with Crippen LogP contribution in [-0.4, -0.2) is 53.4 Å². The van der Waals surface area contributed by atoms with Crippen molar-refractivity contribution in [2.24, 2.45) is 0 Å². The number of aliphatic carboxylic acids is 1. The first-order chi connectivity index (χ1) is 5.43. The molecular weight excluding hydrogens is 193 g/mol. The van der Waals surface area contributed by atoms with Crippen LogP contribution in [0.4, 0.5) is 0 Å². The van der Waals surface area contributed by atoms with E-state index in [1.807, 2.05) is 0 Å². The van der Waals surface area contributed by atoms with E-state index in [0.717, 1.165) is 12.3 Å². The summed E-state index contributed by atoms with van der Waals surface area (Å²) in [4.78, 5) is 10.8. The third kappa shape index (κ3) is 2.12. The van der Waals surface area contributed by atoms with Gasteiger partial charge in [-0.1, -0.05) is 0 Å². The van der Waals surface area contributed by atoms with Crippen LogP contribution >= 0.6 is 19.2 Å². The molecule has 0 aliphatic carbocycles. The fourth-order valence-corrected chi connectivity index (χ4v) is 4.83. The number of carbonyl (C=O) groups is 1. The SMILES string of the molecule is C[P+](C)(C)N1CCSC1C(=O)O. The van der Waals surface area contributed by atoms with E-state index in [-0.39, 0.29) is 5.37 Å². The number of hydrogen-bond acceptors (Lipinski definition) is 3. The van der Waals surface area contributed by atoms with Gasteiger partial charge in [-0.15, -0.1) is 11.8 Å². The minimum Gasteiger partial charge on any atom is -0.479 e. The van der Waals surface area contributed by atoms with E-state index in [1.54, 1.807) is 0 Å². The molecule has 0 saturated carbocycles. The number of nitrogens with zero attached hydrogens (tertiary/aromatic N) is 1. The maximum Gasteiger partial charge on any atom is 0.334 e. The second-order valence-electron chi connectivity index (χ2n) is 3.67. The molecule has 0 bridgehead atoms. The number of hydrogen-bond donors (Lipinski definition) is 1. The predicted molar refractivity (Wildman–Crippen MR) is 55.3 cm³/mol. The molecule has 12 heavy (non-hydrogen) atoms. The van der Waals surface area contributed by atoms with Gasteiger partial charge in [-0.25, -0.2) is 4.79 Å². The highest BCUT2D eigenvalue weighted by molar-refractivity contribution is 8.01. The van der Waals surface area contributed by atoms with Crippen molar-refractivity contribution in [3.05, 3.63) is 0 Å². The molecule has 1 atom stereocenters. The van der Waals surface area contributed by atoms with E-state index in [2.05, 4.69) is 24.7 Å². The average Bonchev–Trinajstić information content (AvgIpc) is 2.30. The second kappa shape index (κ2) is 3.52. The Hall–Kier alpha value is 0.210. The first kappa shape index (κ1) is 10.3. The molecule has 0 aromatic rings. The van der Waals surface area contributed by atoms with Gasteiger partial charge in [0.05, 0.1) is 27.4 Å². The number of thioether (sulfide) groups is 1. The summed E-state index contributed by atoms with van der Waals surface area (Å²) in [5.74, 6) is 0.265. The van der Waals surface area contributed by atoms with Gasteiger partial charge < -0.3 is 5.11 Å². The van der Waals surface area contributed by atoms with Crippen LogP contribution in [0, 0.1) is 0 Å². The van der Waals surface area contributed by atoms with Crippen molar-refractivity contribution in [3.8, 4) is 0 Å². The summed E-state index contributed by atoms with van der Waals surface area (Å²) in [5, 5.41) is 8.61. The lowest BCUT2D eigenvalue weighted by molar-refractivity contribution is -0.138. The Morgan fingerprint density at radius 3 is 2.50 bits per heavy atom. The van der Waals surface area contributed by atoms with E-state index in [9.17, 15) is 4.79 Å². The summed E-state index contributed by atoms with van der Waals surface area (Å²) in [5.41, 5.74) is 0. The van der Waals surface area contributed by atoms with Crippen molar-refractivity contribution in [3.63, 3.8) is 0 Å². The minimum atomic E-state index is -1.14. The normalized spacial score (nSPS) is 26.1. The summed E-state index contributed by atoms with van der Waals surface area (Å²) in [6.45, 7) is 7.41. The van der Waals surface area contributed by atoms with Crippen LogP contribution in [0.3, 0.4) is 0 Å². The molecule has 0 aromatic carbocycles. The van der Waals surface area contributed by atoms with Crippen molar-refractivity contribution in [1.29, 1.82) is 0 Å². The molecule has 1 N–H and O–H groups in total. The Balaban J connectivity index is 2.71. The Morgan fingerprint density at radius 1 is 1.58 bits per heavy atom. The lowest BCUT2D eigenvalue weighted by Gasteiger charge is -2.26. The van der Waals surface area contributed by atoms with Gasteiger partial charge in [0.2, 0.25) is 0 Å². The van der Waals surface area contributed by atoms with Crippen LogP contribution in [0.25, 0.3) is 0 Å². The maximum atomic E-state index is 10.8. The molecule has 0 amide bonds. The number of carboxylic acids is 1. The summed E-state index contributed by atoms with van der Waals surface area (Å²) in [6.07, 6.45) is 0. The highest BCUT2D eigenvalue weighted by atomic mass is 32.2. The van der Waals surface area contributed by atoms with Crippen LogP contribution in [0.5, 0.6) is 0 Å². The standard InChI is InChI=1S/C7H14NO2PS/c1-11(2,3)8-4-5-12-6(8)7(9)10/h6H,4-5H2,1-3H3/p+1. The molecule has 1 aliphatic rings. The zero-order valence-corrected chi connectivity index (χ0v) is 9.36. The van der Waals surface area contributed by atoms with E-state index < -0.39 is 13.4 Å². The van der Waals surface area contributed by atoms with Crippen LogP contribution in [0.15, 0.2) is 0 Å². The molecule has 0 aromatic heterocycles. The van der Waals surface area contributed by atoms with Gasteiger partial charge in [0.25, 0.3) is 0 Å². The molecule has 0 radical (unpaired) electrons. The molecule has 1 fully saturated rings. The number of carboxylic acid groups (broad SMARTS) is 1. The summed E-state index contributed by atoms with van der Waals surface area (Å²) < 4.78 is 2.14. The van der Waals surface area contributed by atoms with Gasteiger partial charge in [0, 0.05) is 12.3 Å². The van der Waals surface area contributed by atoms with Crippen LogP contribution < -0.4 is 0 Å². The van der Waals surface area contributed by atoms with Crippen LogP contribution in [0.2, 0.25) is 0 Å². The Labute approximate surface area is 77.9 Å². The predicted octanol–water partition coefficient (Wildman–Crippen LogP) is 1.27. The molecular formula is C7H15NO2PS+. The average molecular weight is 208 g/mol. The van der Waals surface area contributed by atoms with Crippen LogP contribution in [-0.2, 0) is 4.79 Å². The van der Waals surface area contributed by atoms with Crippen molar-refractivity contribution >= 4 is 25.1 Å². The third-order valence-corrected chi connectivity index (χ3v) is 5.17. The maximum absolute atomic E-state index is 10.8. The molecule has 3 nitrogen and oxygen atoms in total. The summed E-state index contributed by atoms with van der Waals surface area (Å²) in [6, 6.07) is 0. The van der Waals surface area contributed by atoms with Gasteiger partial charge in [0.1, 0.15) is 0 Å². The first-order valence-corrected chi connectivity index (χ1v) is 7.99. The Kier molecular flexibility index (Phi) is 3.02. The summed E-state index contributed by atoms with van der Waals surface area (Å²) >= 11 is 1.54. The minimum absolute atomic E-state index is 0.293. The molecule has 1 aliphatic heterocycles. The lowest BCUT2D eigenvalue weighted by atomic mass is 10.6. The van der Waals surface area contributed by atoms with Gasteiger partial charge in [-0.3, -0.25) is 0 Å². The van der Waals surface area contributed by atoms with E-state index in [0.29, 0.717) is 0 Å². The molecule has 1 unspecified atom stereocenters. The fourth-order valence-electron chi connectivity index (χ4n) is 1.27. The van der Waals surface area contributed by atoms with Crippen LogP contribution in [0.1, 0.15) is 0 Å². The van der Waals surface area contributed by atoms with Crippen molar-refractivity contribution in [2.75, 3.05) is 32.3 Å². The van der Waals surface area contributed by atoms with Crippen molar-refractivity contribution < 1.29 is 9.90 Å². The molecule has 0 spiro atoms. The molecule has 1 saturated heterocycles. The Morgan fingerprint density at radius 2 is 2.17 bits per heavy atom. The molecule has 1 heterocycles. The van der Waals surface area contributed by atoms with Gasteiger partial charge in [-0.2, -0.15) is 4.67 Å². The monoisotopic (exact) mass is 208 g/mol. The molecule has 5 heteroatoms. The van der Waals surface area contributed by atoms with Crippen molar-refractivity contribution in [1.82, 2.24) is 4.67 Å². The second-order valence-corrected chi connectivity index (χ2v) is 9.25. The zero-order chi connectivity index (χ0) is 9.35. The number of rotatable bonds is 2. The van der Waals surface area contributed by atoms with Crippen molar-refractivity contribution in [2.45, 2.75) is 5.37 Å². The molecule has 70 valence electrons. The van der Waals surface area contributed by atoms with Gasteiger partial charge in [-0.05, 0) is 0 Å².